The average molecular weight is 766 g/mol. The number of benzene rings is 2. The number of ether oxygens (including phenoxy) is 2. The number of amides is 2. The van der Waals surface area contributed by atoms with Gasteiger partial charge in [-0.15, -0.1) is 0 Å². The number of carbonyl (C=O) groups excluding carboxylic acids is 2. The van der Waals surface area contributed by atoms with E-state index in [1.165, 1.54) is 14.0 Å². The third kappa shape index (κ3) is 7.68. The summed E-state index contributed by atoms with van der Waals surface area (Å²) in [6, 6.07) is 10.9. The Morgan fingerprint density at radius 3 is 2.63 bits per heavy atom. The van der Waals surface area contributed by atoms with Gasteiger partial charge in [-0.3, -0.25) is 9.59 Å². The van der Waals surface area contributed by atoms with Gasteiger partial charge in [-0.2, -0.15) is 13.2 Å². The fraction of sp³-hybridized carbons (Fsp3) is 0.579. The molecule has 2 heterocycles. The van der Waals surface area contributed by atoms with Crippen molar-refractivity contribution in [2.75, 3.05) is 45.3 Å². The van der Waals surface area contributed by atoms with Crippen LogP contribution in [0.4, 0.5) is 18.9 Å². The molecule has 284 valence electrons. The first-order valence-electron chi connectivity index (χ1n) is 17.9. The molecule has 2 aliphatic heterocycles. The largest absolute Gasteiger partial charge is 0.490 e. The van der Waals surface area contributed by atoms with Crippen molar-refractivity contribution >= 4 is 39.1 Å². The number of methoxy groups -OCH3 is 1. The van der Waals surface area contributed by atoms with E-state index in [1.807, 2.05) is 12.1 Å². The van der Waals surface area contributed by atoms with E-state index in [0.717, 1.165) is 43.9 Å². The summed E-state index contributed by atoms with van der Waals surface area (Å²) in [5.74, 6) is -1.62. The molecule has 0 radical (unpaired) electrons. The van der Waals surface area contributed by atoms with Crippen molar-refractivity contribution < 1.29 is 40.7 Å². The number of rotatable bonds is 4. The Hall–Kier alpha value is -3.29. The number of anilines is 1. The monoisotopic (exact) mass is 765 g/mol. The predicted molar refractivity (Wildman–Crippen MR) is 193 cm³/mol. The zero-order chi connectivity index (χ0) is 37.6. The minimum absolute atomic E-state index is 0.0382. The van der Waals surface area contributed by atoms with E-state index in [1.54, 1.807) is 37.3 Å². The summed E-state index contributed by atoms with van der Waals surface area (Å²) in [4.78, 5) is 29.9. The van der Waals surface area contributed by atoms with E-state index in [0.29, 0.717) is 47.5 Å². The van der Waals surface area contributed by atoms with Crippen molar-refractivity contribution in [2.45, 2.75) is 81.2 Å². The molecule has 0 saturated heterocycles. The van der Waals surface area contributed by atoms with Crippen LogP contribution in [0.2, 0.25) is 5.02 Å². The van der Waals surface area contributed by atoms with Gasteiger partial charge in [-0.1, -0.05) is 36.7 Å². The Morgan fingerprint density at radius 1 is 1.17 bits per heavy atom. The van der Waals surface area contributed by atoms with E-state index < -0.39 is 56.7 Å². The normalized spacial score (nSPS) is 30.8. The van der Waals surface area contributed by atoms with Gasteiger partial charge in [0.05, 0.1) is 29.6 Å². The van der Waals surface area contributed by atoms with Gasteiger partial charge in [0.25, 0.3) is 5.91 Å². The molecule has 2 aromatic rings. The first kappa shape index (κ1) is 38.4. The Bertz CT molecular complexity index is 1840. The van der Waals surface area contributed by atoms with Crippen LogP contribution in [0.25, 0.3) is 0 Å². The van der Waals surface area contributed by atoms with Gasteiger partial charge in [-0.25, -0.2) is 13.1 Å². The van der Waals surface area contributed by atoms with Crippen LogP contribution in [0.15, 0.2) is 48.6 Å². The van der Waals surface area contributed by atoms with Gasteiger partial charge in [0.15, 0.2) is 0 Å². The van der Waals surface area contributed by atoms with Crippen molar-refractivity contribution in [3.63, 3.8) is 0 Å². The lowest BCUT2D eigenvalue weighted by Gasteiger charge is -2.50. The molecule has 4 aliphatic rings. The van der Waals surface area contributed by atoms with Crippen LogP contribution in [0.3, 0.4) is 0 Å². The Balaban J connectivity index is 1.44. The number of hydrogen-bond donors (Lipinski definition) is 1. The van der Waals surface area contributed by atoms with Crippen molar-refractivity contribution in [3.05, 3.63) is 70.3 Å². The third-order valence-corrected chi connectivity index (χ3v) is 14.0. The van der Waals surface area contributed by atoms with Crippen molar-refractivity contribution in [3.8, 4) is 5.75 Å². The minimum atomic E-state index is -4.56. The molecular weight excluding hydrogens is 719 g/mol. The number of nitrogens with one attached hydrogen (secondary N) is 1. The molecule has 1 N–H and O–H groups in total. The number of aryl methyl sites for hydroxylation is 1. The van der Waals surface area contributed by atoms with E-state index >= 15 is 0 Å². The van der Waals surface area contributed by atoms with Gasteiger partial charge in [0.1, 0.15) is 12.3 Å². The van der Waals surface area contributed by atoms with Gasteiger partial charge < -0.3 is 19.3 Å². The average Bonchev–Trinajstić information content (AvgIpc) is 3.21. The zero-order valence-corrected chi connectivity index (χ0v) is 31.5. The van der Waals surface area contributed by atoms with Crippen LogP contribution >= 0.6 is 11.6 Å². The molecule has 2 amide bonds. The number of sulfonamides is 1. The maximum Gasteiger partial charge on any atom is 0.406 e. The lowest BCUT2D eigenvalue weighted by Crippen LogP contribution is -2.54. The van der Waals surface area contributed by atoms with Crippen molar-refractivity contribution in [2.24, 2.45) is 17.8 Å². The number of alkyl halides is 3. The molecule has 1 saturated carbocycles. The molecule has 0 unspecified atom stereocenters. The maximum atomic E-state index is 13.5. The minimum Gasteiger partial charge on any atom is -0.490 e. The predicted octanol–water partition coefficient (Wildman–Crippen LogP) is 6.68. The van der Waals surface area contributed by atoms with Crippen LogP contribution in [-0.4, -0.2) is 82.6 Å². The number of carbonyl (C=O) groups is 2. The maximum absolute atomic E-state index is 13.5. The van der Waals surface area contributed by atoms with Crippen molar-refractivity contribution in [1.82, 2.24) is 9.62 Å². The Kier molecular flexibility index (Phi) is 10.7. The molecule has 2 aliphatic carbocycles. The molecule has 1 spiro atoms. The van der Waals surface area contributed by atoms with Gasteiger partial charge in [0.2, 0.25) is 15.9 Å². The summed E-state index contributed by atoms with van der Waals surface area (Å²) in [6.07, 6.45) is 3.00. The highest BCUT2D eigenvalue weighted by Crippen LogP contribution is 2.50. The Morgan fingerprint density at radius 2 is 1.94 bits per heavy atom. The number of fused-ring (bicyclic) bond motifs is 4. The molecule has 52 heavy (non-hydrogen) atoms. The quantitative estimate of drug-likeness (QED) is 0.347. The van der Waals surface area contributed by atoms with E-state index in [4.69, 9.17) is 21.1 Å². The molecule has 6 atom stereocenters. The molecule has 1 fully saturated rings. The Labute approximate surface area is 308 Å². The second-order valence-corrected chi connectivity index (χ2v) is 17.7. The fourth-order valence-corrected chi connectivity index (χ4v) is 10.0. The fourth-order valence-electron chi connectivity index (χ4n) is 8.56. The number of halogens is 4. The topological polar surface area (TPSA) is 105 Å². The first-order valence-corrected chi connectivity index (χ1v) is 19.8. The lowest BCUT2D eigenvalue weighted by molar-refractivity contribution is -0.164. The number of hydrogen-bond acceptors (Lipinski definition) is 7. The summed E-state index contributed by atoms with van der Waals surface area (Å²) in [5, 5.41) is -0.313. The summed E-state index contributed by atoms with van der Waals surface area (Å²) >= 11 is 6.42. The highest BCUT2D eigenvalue weighted by Gasteiger charge is 2.50. The van der Waals surface area contributed by atoms with Crippen LogP contribution in [0.1, 0.15) is 73.9 Å². The first-order chi connectivity index (χ1) is 24.5. The van der Waals surface area contributed by atoms with Crippen LogP contribution in [0, 0.1) is 17.8 Å². The van der Waals surface area contributed by atoms with E-state index in [2.05, 4.69) is 15.7 Å². The molecule has 2 bridgehead atoms. The second kappa shape index (κ2) is 14.5. The smallest absolute Gasteiger partial charge is 0.406 e. The van der Waals surface area contributed by atoms with Crippen LogP contribution in [-0.2, 0) is 31.4 Å². The standard InChI is InChI=1S/C38H47ClF3N3O6S/c1-24-7-5-16-37(50-4,19-34(46)44(3)22-38(40,41)42)31-12-9-28(31)20-45-21-36(15-6-8-26-17-29(39)11-13-30(26)36)23-51-33-14-10-27(18-32(33)45)35(47)43-52(48,49)25(24)2/h5,10-11,13-14,16-18,24-25,28,31H,6-9,12,15,19-23H2,1-4H3,(H,43,47)/b16-5-/t24-,25+,28-,31+,36-,37+/m0/s1. The van der Waals surface area contributed by atoms with Gasteiger partial charge in [0, 0.05) is 43.2 Å². The van der Waals surface area contributed by atoms with Crippen molar-refractivity contribution in [1.29, 1.82) is 0 Å². The molecule has 9 nitrogen and oxygen atoms in total. The SMILES string of the molecule is CO[C@@]1(CC(=O)N(C)CC(F)(F)F)/C=C\C[C@H](C)[C@@H](C)S(=O)(=O)NC(=O)c2ccc3c(c2)N(C[C@@H]2CC[C@H]21)C[C@@]1(CCCc2cc(Cl)ccc21)CO3. The zero-order valence-electron chi connectivity index (χ0n) is 30.0. The second-order valence-electron chi connectivity index (χ2n) is 15.2. The van der Waals surface area contributed by atoms with Gasteiger partial charge >= 0.3 is 6.18 Å². The van der Waals surface area contributed by atoms with Crippen LogP contribution < -0.4 is 14.4 Å². The molecule has 6 rings (SSSR count). The van der Waals surface area contributed by atoms with E-state index in [-0.39, 0.29) is 30.2 Å². The van der Waals surface area contributed by atoms with Crippen LogP contribution in [0.5, 0.6) is 5.75 Å². The lowest BCUT2D eigenvalue weighted by atomic mass is 9.62. The third-order valence-electron chi connectivity index (χ3n) is 11.9. The summed E-state index contributed by atoms with van der Waals surface area (Å²) in [7, 11) is -1.50. The highest BCUT2D eigenvalue weighted by atomic mass is 35.5. The molecule has 0 aromatic heterocycles. The summed E-state index contributed by atoms with van der Waals surface area (Å²) < 4.78 is 82.0. The number of nitrogens with zero attached hydrogens (tertiary/aromatic N) is 2. The van der Waals surface area contributed by atoms with E-state index in [9.17, 15) is 31.2 Å². The van der Waals surface area contributed by atoms with Gasteiger partial charge in [-0.05, 0) is 105 Å². The number of allylic oxidation sites excluding steroid dienone is 1. The highest BCUT2D eigenvalue weighted by molar-refractivity contribution is 7.90. The molecular formula is C38H47ClF3N3O6S. The molecule has 14 heteroatoms. The molecule has 2 aromatic carbocycles. The summed E-state index contributed by atoms with van der Waals surface area (Å²) in [5.41, 5.74) is 1.44. The summed E-state index contributed by atoms with van der Waals surface area (Å²) in [6.45, 7) is 3.27.